The maximum atomic E-state index is 12.3. The standard InChI is InChI=1S/C19H22N4O6/c1-13-4-5-14(15(11-13)23(26)27)21-19(25)18(24)20-12-16(17-3-2-8-29-17)22-6-9-28-10-7-22/h2-5,8,11,16H,6-7,9-10,12H2,1H3,(H,20,24)(H,21,25). The van der Waals surface area contributed by atoms with E-state index >= 15 is 0 Å². The van der Waals surface area contributed by atoms with Gasteiger partial charge < -0.3 is 19.8 Å². The fourth-order valence-corrected chi connectivity index (χ4v) is 3.13. The summed E-state index contributed by atoms with van der Waals surface area (Å²) in [4.78, 5) is 37.2. The predicted octanol–water partition coefficient (Wildman–Crippen LogP) is 1.62. The Bertz CT molecular complexity index is 877. The summed E-state index contributed by atoms with van der Waals surface area (Å²) in [6.07, 6.45) is 1.55. The molecule has 0 saturated carbocycles. The third kappa shape index (κ3) is 5.18. The number of nitrogens with zero attached hydrogens (tertiary/aromatic N) is 2. The zero-order chi connectivity index (χ0) is 20.8. The molecule has 1 saturated heterocycles. The normalized spacial score (nSPS) is 15.5. The average molecular weight is 402 g/mol. The van der Waals surface area contributed by atoms with Crippen molar-refractivity contribution >= 4 is 23.2 Å². The first-order valence-electron chi connectivity index (χ1n) is 9.15. The molecule has 1 aliphatic rings. The summed E-state index contributed by atoms with van der Waals surface area (Å²) >= 11 is 0. The molecule has 29 heavy (non-hydrogen) atoms. The van der Waals surface area contributed by atoms with Crippen molar-refractivity contribution in [1.82, 2.24) is 10.2 Å². The number of nitro groups is 1. The number of hydrogen-bond acceptors (Lipinski definition) is 7. The van der Waals surface area contributed by atoms with Crippen LogP contribution in [-0.4, -0.2) is 54.5 Å². The first-order chi connectivity index (χ1) is 14.0. The van der Waals surface area contributed by atoms with Crippen molar-refractivity contribution in [2.45, 2.75) is 13.0 Å². The van der Waals surface area contributed by atoms with E-state index in [1.54, 1.807) is 25.3 Å². The van der Waals surface area contributed by atoms with E-state index in [0.717, 1.165) is 0 Å². The summed E-state index contributed by atoms with van der Waals surface area (Å²) < 4.78 is 10.8. The lowest BCUT2D eigenvalue weighted by atomic mass is 10.1. The molecule has 1 aromatic heterocycles. The van der Waals surface area contributed by atoms with Crippen molar-refractivity contribution in [2.75, 3.05) is 38.2 Å². The first kappa shape index (κ1) is 20.5. The molecule has 1 unspecified atom stereocenters. The highest BCUT2D eigenvalue weighted by molar-refractivity contribution is 6.39. The van der Waals surface area contributed by atoms with Crippen LogP contribution in [0.15, 0.2) is 41.0 Å². The maximum Gasteiger partial charge on any atom is 0.313 e. The van der Waals surface area contributed by atoms with Crippen molar-refractivity contribution in [3.05, 3.63) is 58.0 Å². The molecule has 2 heterocycles. The molecule has 2 amide bonds. The number of aryl methyl sites for hydroxylation is 1. The van der Waals surface area contributed by atoms with Gasteiger partial charge in [0.2, 0.25) is 0 Å². The largest absolute Gasteiger partial charge is 0.468 e. The SMILES string of the molecule is Cc1ccc(NC(=O)C(=O)NCC(c2ccco2)N2CCOCC2)c([N+](=O)[O-])c1. The molecule has 0 aliphatic carbocycles. The Labute approximate surface area is 167 Å². The van der Waals surface area contributed by atoms with Crippen LogP contribution in [0.3, 0.4) is 0 Å². The van der Waals surface area contributed by atoms with Crippen LogP contribution in [0.25, 0.3) is 0 Å². The van der Waals surface area contributed by atoms with Crippen LogP contribution < -0.4 is 10.6 Å². The number of nitrogens with one attached hydrogen (secondary N) is 2. The zero-order valence-electron chi connectivity index (χ0n) is 15.9. The number of rotatable bonds is 6. The molecule has 2 aromatic rings. The van der Waals surface area contributed by atoms with Gasteiger partial charge in [0.25, 0.3) is 5.69 Å². The van der Waals surface area contributed by atoms with Gasteiger partial charge in [-0.2, -0.15) is 0 Å². The van der Waals surface area contributed by atoms with Crippen LogP contribution in [0.2, 0.25) is 0 Å². The quantitative estimate of drug-likeness (QED) is 0.427. The van der Waals surface area contributed by atoms with E-state index in [4.69, 9.17) is 9.15 Å². The summed E-state index contributed by atoms with van der Waals surface area (Å²) in [6, 6.07) is 7.66. The number of carbonyl (C=O) groups excluding carboxylic acids is 2. The van der Waals surface area contributed by atoms with E-state index in [2.05, 4.69) is 15.5 Å². The van der Waals surface area contributed by atoms with Crippen LogP contribution in [-0.2, 0) is 14.3 Å². The van der Waals surface area contributed by atoms with E-state index in [9.17, 15) is 19.7 Å². The number of hydrogen-bond donors (Lipinski definition) is 2. The summed E-state index contributed by atoms with van der Waals surface area (Å²) in [7, 11) is 0. The summed E-state index contributed by atoms with van der Waals surface area (Å²) in [5, 5.41) is 16.1. The molecule has 0 radical (unpaired) electrons. The lowest BCUT2D eigenvalue weighted by Gasteiger charge is -2.33. The lowest BCUT2D eigenvalue weighted by molar-refractivity contribution is -0.384. The summed E-state index contributed by atoms with van der Waals surface area (Å²) in [6.45, 7) is 4.33. The van der Waals surface area contributed by atoms with Crippen LogP contribution >= 0.6 is 0 Å². The second-order valence-corrected chi connectivity index (χ2v) is 6.62. The molecular weight excluding hydrogens is 380 g/mol. The lowest BCUT2D eigenvalue weighted by Crippen LogP contribution is -2.45. The highest BCUT2D eigenvalue weighted by atomic mass is 16.6. The van der Waals surface area contributed by atoms with Gasteiger partial charge in [-0.05, 0) is 30.7 Å². The Morgan fingerprint density at radius 1 is 1.24 bits per heavy atom. The molecule has 1 aliphatic heterocycles. The smallest absolute Gasteiger partial charge is 0.313 e. The molecular formula is C19H22N4O6. The van der Waals surface area contributed by atoms with Gasteiger partial charge in [-0.3, -0.25) is 24.6 Å². The van der Waals surface area contributed by atoms with Gasteiger partial charge >= 0.3 is 11.8 Å². The monoisotopic (exact) mass is 402 g/mol. The van der Waals surface area contributed by atoms with Crippen LogP contribution in [0.5, 0.6) is 0 Å². The minimum Gasteiger partial charge on any atom is -0.468 e. The van der Waals surface area contributed by atoms with E-state index < -0.39 is 16.7 Å². The Morgan fingerprint density at radius 2 is 2.00 bits per heavy atom. The second-order valence-electron chi connectivity index (χ2n) is 6.62. The van der Waals surface area contributed by atoms with Crippen molar-refractivity contribution in [1.29, 1.82) is 0 Å². The van der Waals surface area contributed by atoms with Gasteiger partial charge in [0.1, 0.15) is 11.4 Å². The Hall–Kier alpha value is -3.24. The Balaban J connectivity index is 1.64. The van der Waals surface area contributed by atoms with E-state index in [1.165, 1.54) is 12.1 Å². The van der Waals surface area contributed by atoms with Gasteiger partial charge in [0.15, 0.2) is 0 Å². The molecule has 10 heteroatoms. The molecule has 10 nitrogen and oxygen atoms in total. The van der Waals surface area contributed by atoms with Crippen LogP contribution in [0.4, 0.5) is 11.4 Å². The third-order valence-electron chi connectivity index (χ3n) is 4.62. The number of benzene rings is 1. The highest BCUT2D eigenvalue weighted by Crippen LogP contribution is 2.25. The van der Waals surface area contributed by atoms with Crippen LogP contribution in [0, 0.1) is 17.0 Å². The van der Waals surface area contributed by atoms with Gasteiger partial charge in [0, 0.05) is 25.7 Å². The number of amides is 2. The van der Waals surface area contributed by atoms with Crippen molar-refractivity contribution in [3.63, 3.8) is 0 Å². The molecule has 3 rings (SSSR count). The van der Waals surface area contributed by atoms with Gasteiger partial charge in [0.05, 0.1) is 30.4 Å². The van der Waals surface area contributed by atoms with E-state index in [1.807, 2.05) is 6.07 Å². The summed E-state index contributed by atoms with van der Waals surface area (Å²) in [5.74, 6) is -1.19. The Kier molecular flexibility index (Phi) is 6.57. The molecule has 1 aromatic carbocycles. The van der Waals surface area contributed by atoms with Gasteiger partial charge in [-0.1, -0.05) is 6.07 Å². The fourth-order valence-electron chi connectivity index (χ4n) is 3.13. The highest BCUT2D eigenvalue weighted by Gasteiger charge is 2.27. The topological polar surface area (TPSA) is 127 Å². The zero-order valence-corrected chi connectivity index (χ0v) is 15.9. The van der Waals surface area contributed by atoms with Crippen molar-refractivity contribution in [3.8, 4) is 0 Å². The molecule has 0 spiro atoms. The first-order valence-corrected chi connectivity index (χ1v) is 9.15. The molecule has 2 N–H and O–H groups in total. The minimum atomic E-state index is -0.975. The molecule has 154 valence electrons. The number of anilines is 1. The molecule has 1 atom stereocenters. The number of morpholine rings is 1. The number of furan rings is 1. The van der Waals surface area contributed by atoms with E-state index in [-0.39, 0.29) is 24.0 Å². The average Bonchev–Trinajstić information content (AvgIpc) is 3.24. The number of carbonyl (C=O) groups is 2. The van der Waals surface area contributed by atoms with E-state index in [0.29, 0.717) is 37.6 Å². The minimum absolute atomic E-state index is 0.0310. The van der Waals surface area contributed by atoms with Gasteiger partial charge in [-0.25, -0.2) is 0 Å². The second kappa shape index (κ2) is 9.30. The Morgan fingerprint density at radius 3 is 2.66 bits per heavy atom. The molecule has 0 bridgehead atoms. The van der Waals surface area contributed by atoms with Crippen molar-refractivity contribution in [2.24, 2.45) is 0 Å². The number of ether oxygens (including phenoxy) is 1. The summed E-state index contributed by atoms with van der Waals surface area (Å²) in [5.41, 5.74) is 0.371. The predicted molar refractivity (Wildman–Crippen MR) is 103 cm³/mol. The number of nitro benzene ring substituents is 1. The maximum absolute atomic E-state index is 12.3. The van der Waals surface area contributed by atoms with Gasteiger partial charge in [-0.15, -0.1) is 0 Å². The molecule has 1 fully saturated rings. The van der Waals surface area contributed by atoms with Crippen LogP contribution in [0.1, 0.15) is 17.4 Å². The third-order valence-corrected chi connectivity index (χ3v) is 4.62. The van der Waals surface area contributed by atoms with Crippen molar-refractivity contribution < 1.29 is 23.7 Å². The fraction of sp³-hybridized carbons (Fsp3) is 0.368.